The molecular weight excluding hydrogens is 246 g/mol. The van der Waals surface area contributed by atoms with Crippen molar-refractivity contribution in [3.8, 4) is 0 Å². The van der Waals surface area contributed by atoms with Crippen molar-refractivity contribution < 1.29 is 0 Å². The van der Waals surface area contributed by atoms with Crippen molar-refractivity contribution in [3.63, 3.8) is 0 Å². The van der Waals surface area contributed by atoms with E-state index in [0.717, 1.165) is 10.8 Å². The van der Waals surface area contributed by atoms with Gasteiger partial charge in [0.15, 0.2) is 0 Å². The molecule has 6 heteroatoms. The number of thioether (sulfide) groups is 1. The zero-order valence-corrected chi connectivity index (χ0v) is 10.9. The second kappa shape index (κ2) is 5.70. The van der Waals surface area contributed by atoms with E-state index in [1.807, 2.05) is 12.1 Å². The minimum atomic E-state index is 0.220. The maximum atomic E-state index is 5.60. The Balaban J connectivity index is 2.11. The van der Waals surface area contributed by atoms with E-state index in [2.05, 4.69) is 34.5 Å². The monoisotopic (exact) mass is 261 g/mol. The number of rotatable bonds is 4. The maximum Gasteiger partial charge on any atom is 0.223 e. The summed E-state index contributed by atoms with van der Waals surface area (Å²) < 4.78 is 0. The van der Waals surface area contributed by atoms with Crippen LogP contribution in [-0.2, 0) is 5.75 Å². The van der Waals surface area contributed by atoms with Gasteiger partial charge in [-0.1, -0.05) is 24.3 Å². The van der Waals surface area contributed by atoms with Gasteiger partial charge >= 0.3 is 0 Å². The van der Waals surface area contributed by atoms with Gasteiger partial charge in [-0.2, -0.15) is 4.98 Å². The van der Waals surface area contributed by atoms with Crippen molar-refractivity contribution in [2.75, 3.05) is 11.2 Å². The highest BCUT2D eigenvalue weighted by atomic mass is 32.2. The van der Waals surface area contributed by atoms with Crippen LogP contribution in [0.5, 0.6) is 0 Å². The van der Waals surface area contributed by atoms with E-state index in [1.54, 1.807) is 17.8 Å². The Morgan fingerprint density at radius 2 is 2.06 bits per heavy atom. The van der Waals surface area contributed by atoms with Gasteiger partial charge in [0.25, 0.3) is 0 Å². The van der Waals surface area contributed by atoms with Gasteiger partial charge in [0.05, 0.1) is 0 Å². The molecule has 2 aromatic rings. The van der Waals surface area contributed by atoms with Crippen LogP contribution in [0.15, 0.2) is 35.4 Å². The third-order valence-corrected chi connectivity index (χ3v) is 3.46. The molecule has 5 nitrogen and oxygen atoms in total. The number of nitrogens with two attached hydrogens (primary N) is 2. The number of nitrogen functional groups attached to an aromatic ring is 2. The molecule has 0 bridgehead atoms. The molecule has 0 aliphatic carbocycles. The van der Waals surface area contributed by atoms with Crippen LogP contribution in [-0.4, -0.2) is 9.97 Å². The molecule has 5 N–H and O–H groups in total. The number of anilines is 2. The van der Waals surface area contributed by atoms with Crippen LogP contribution in [0.25, 0.3) is 0 Å². The van der Waals surface area contributed by atoms with Crippen LogP contribution in [0.1, 0.15) is 11.1 Å². The molecule has 0 radical (unpaired) electrons. The van der Waals surface area contributed by atoms with Gasteiger partial charge in [0.2, 0.25) is 5.95 Å². The summed E-state index contributed by atoms with van der Waals surface area (Å²) in [6, 6.07) is 10.0. The van der Waals surface area contributed by atoms with Crippen molar-refractivity contribution in [1.82, 2.24) is 9.97 Å². The van der Waals surface area contributed by atoms with Crippen LogP contribution < -0.4 is 17.0 Å². The Morgan fingerprint density at radius 3 is 2.78 bits per heavy atom. The van der Waals surface area contributed by atoms with E-state index in [4.69, 9.17) is 11.6 Å². The van der Waals surface area contributed by atoms with Gasteiger partial charge in [-0.3, -0.25) is 0 Å². The van der Waals surface area contributed by atoms with Crippen LogP contribution >= 0.6 is 11.8 Å². The summed E-state index contributed by atoms with van der Waals surface area (Å²) in [5, 5.41) is 0.804. The maximum absolute atomic E-state index is 5.60. The molecule has 0 saturated carbocycles. The number of hydrogen-bond donors (Lipinski definition) is 3. The SMILES string of the molecule is Cc1ccccc1CSc1cc(NN)nc(N)n1. The van der Waals surface area contributed by atoms with Crippen LogP contribution in [0.4, 0.5) is 11.8 Å². The Bertz CT molecular complexity index is 544. The van der Waals surface area contributed by atoms with Crippen molar-refractivity contribution in [2.45, 2.75) is 17.7 Å². The molecule has 0 saturated heterocycles. The number of hydrogen-bond acceptors (Lipinski definition) is 6. The minimum absolute atomic E-state index is 0.220. The van der Waals surface area contributed by atoms with E-state index in [9.17, 15) is 0 Å². The Kier molecular flexibility index (Phi) is 4.01. The van der Waals surface area contributed by atoms with Crippen molar-refractivity contribution in [1.29, 1.82) is 0 Å². The average molecular weight is 261 g/mol. The number of nitrogens with one attached hydrogen (secondary N) is 1. The van der Waals surface area contributed by atoms with Gasteiger partial charge in [0, 0.05) is 11.8 Å². The second-order valence-electron chi connectivity index (χ2n) is 3.81. The Labute approximate surface area is 110 Å². The fraction of sp³-hybridized carbons (Fsp3) is 0.167. The summed E-state index contributed by atoms with van der Waals surface area (Å²) in [5.74, 6) is 6.90. The molecule has 1 aromatic heterocycles. The summed E-state index contributed by atoms with van der Waals surface area (Å²) in [5.41, 5.74) is 10.6. The topological polar surface area (TPSA) is 89.8 Å². The van der Waals surface area contributed by atoms with E-state index in [1.165, 1.54) is 11.1 Å². The largest absolute Gasteiger partial charge is 0.368 e. The molecule has 0 fully saturated rings. The van der Waals surface area contributed by atoms with Gasteiger partial charge < -0.3 is 11.2 Å². The Morgan fingerprint density at radius 1 is 1.28 bits per heavy atom. The molecule has 0 aliphatic rings. The molecule has 0 atom stereocenters. The summed E-state index contributed by atoms with van der Waals surface area (Å²) in [6.07, 6.45) is 0. The molecule has 0 unspecified atom stereocenters. The fourth-order valence-electron chi connectivity index (χ4n) is 1.51. The van der Waals surface area contributed by atoms with Crippen molar-refractivity contribution in [2.24, 2.45) is 5.84 Å². The third-order valence-electron chi connectivity index (χ3n) is 2.50. The van der Waals surface area contributed by atoms with Crippen LogP contribution in [0, 0.1) is 6.92 Å². The lowest BCUT2D eigenvalue weighted by atomic mass is 10.1. The van der Waals surface area contributed by atoms with E-state index in [0.29, 0.717) is 5.82 Å². The van der Waals surface area contributed by atoms with Crippen molar-refractivity contribution >= 4 is 23.5 Å². The molecule has 2 rings (SSSR count). The first-order valence-electron chi connectivity index (χ1n) is 5.47. The summed E-state index contributed by atoms with van der Waals surface area (Å²) in [4.78, 5) is 8.10. The standard InChI is InChI=1S/C12H15N5S/c1-8-4-2-3-5-9(8)7-18-11-6-10(17-14)15-12(13)16-11/h2-6H,7,14H2,1H3,(H3,13,15,16,17). The zero-order chi connectivity index (χ0) is 13.0. The molecule has 1 heterocycles. The number of aromatic nitrogens is 2. The number of hydrazine groups is 1. The lowest BCUT2D eigenvalue weighted by Crippen LogP contribution is -2.10. The quantitative estimate of drug-likeness (QED) is 0.337. The van der Waals surface area contributed by atoms with Gasteiger partial charge in [-0.25, -0.2) is 10.8 Å². The number of aryl methyl sites for hydroxylation is 1. The molecule has 0 aliphatic heterocycles. The number of nitrogens with zero attached hydrogens (tertiary/aromatic N) is 2. The van der Waals surface area contributed by atoms with Gasteiger partial charge in [-0.05, 0) is 18.1 Å². The summed E-state index contributed by atoms with van der Waals surface area (Å²) in [6.45, 7) is 2.09. The molecule has 18 heavy (non-hydrogen) atoms. The van der Waals surface area contributed by atoms with Crippen LogP contribution in [0.2, 0.25) is 0 Å². The lowest BCUT2D eigenvalue weighted by Gasteiger charge is -2.06. The molecule has 94 valence electrons. The highest BCUT2D eigenvalue weighted by Crippen LogP contribution is 2.24. The molecule has 0 spiro atoms. The predicted molar refractivity (Wildman–Crippen MR) is 75.0 cm³/mol. The number of benzene rings is 1. The summed E-state index contributed by atoms with van der Waals surface area (Å²) in [7, 11) is 0. The first-order valence-corrected chi connectivity index (χ1v) is 6.46. The first kappa shape index (κ1) is 12.7. The van der Waals surface area contributed by atoms with Gasteiger partial charge in [0.1, 0.15) is 10.8 Å². The molecule has 1 aromatic carbocycles. The summed E-state index contributed by atoms with van der Waals surface area (Å²) >= 11 is 1.60. The normalized spacial score (nSPS) is 10.3. The second-order valence-corrected chi connectivity index (χ2v) is 4.80. The molecule has 0 amide bonds. The van der Waals surface area contributed by atoms with Crippen molar-refractivity contribution in [3.05, 3.63) is 41.5 Å². The highest BCUT2D eigenvalue weighted by Gasteiger charge is 2.04. The van der Waals surface area contributed by atoms with E-state index >= 15 is 0 Å². The Hall–Kier alpha value is -1.79. The molecular formula is C12H15N5S. The average Bonchev–Trinajstić information content (AvgIpc) is 2.37. The fourth-order valence-corrected chi connectivity index (χ4v) is 2.49. The van der Waals surface area contributed by atoms with E-state index in [-0.39, 0.29) is 5.95 Å². The lowest BCUT2D eigenvalue weighted by molar-refractivity contribution is 1.05. The predicted octanol–water partition coefficient (Wildman–Crippen LogP) is 1.95. The third kappa shape index (κ3) is 3.12. The van der Waals surface area contributed by atoms with E-state index < -0.39 is 0 Å². The smallest absolute Gasteiger partial charge is 0.223 e. The highest BCUT2D eigenvalue weighted by molar-refractivity contribution is 7.98. The van der Waals surface area contributed by atoms with Crippen LogP contribution in [0.3, 0.4) is 0 Å². The zero-order valence-electron chi connectivity index (χ0n) is 10.1. The minimum Gasteiger partial charge on any atom is -0.368 e. The van der Waals surface area contributed by atoms with Gasteiger partial charge in [-0.15, -0.1) is 11.8 Å². The first-order chi connectivity index (χ1) is 8.69.